The van der Waals surface area contributed by atoms with Crippen LogP contribution in [0.15, 0.2) is 30.3 Å². The SMILES string of the molecule is CCO[C@@H](C)c1cc(C)c2ccccc2n1. The molecular formula is C14H17NO. The molecule has 0 aliphatic heterocycles. The van der Waals surface area contributed by atoms with Gasteiger partial charge in [0.25, 0.3) is 0 Å². The Kier molecular flexibility index (Phi) is 3.20. The molecule has 0 aliphatic rings. The third-order valence-corrected chi connectivity index (χ3v) is 2.78. The van der Waals surface area contributed by atoms with Gasteiger partial charge in [-0.3, -0.25) is 4.98 Å². The normalized spacial score (nSPS) is 12.9. The van der Waals surface area contributed by atoms with Crippen LogP contribution < -0.4 is 0 Å². The molecule has 2 rings (SSSR count). The molecule has 0 fully saturated rings. The fraction of sp³-hybridized carbons (Fsp3) is 0.357. The van der Waals surface area contributed by atoms with Crippen molar-refractivity contribution in [3.05, 3.63) is 41.6 Å². The van der Waals surface area contributed by atoms with Crippen molar-refractivity contribution in [1.82, 2.24) is 4.98 Å². The van der Waals surface area contributed by atoms with Gasteiger partial charge in [0.1, 0.15) is 0 Å². The highest BCUT2D eigenvalue weighted by Gasteiger charge is 2.09. The van der Waals surface area contributed by atoms with Crippen LogP contribution in [0.5, 0.6) is 0 Å². The van der Waals surface area contributed by atoms with Gasteiger partial charge in [0.2, 0.25) is 0 Å². The molecule has 0 amide bonds. The van der Waals surface area contributed by atoms with E-state index in [0.717, 1.165) is 11.2 Å². The number of para-hydroxylation sites is 1. The van der Waals surface area contributed by atoms with E-state index in [1.165, 1.54) is 10.9 Å². The number of hydrogen-bond donors (Lipinski definition) is 0. The maximum absolute atomic E-state index is 5.57. The summed E-state index contributed by atoms with van der Waals surface area (Å²) >= 11 is 0. The summed E-state index contributed by atoms with van der Waals surface area (Å²) in [5.41, 5.74) is 3.31. The van der Waals surface area contributed by atoms with E-state index >= 15 is 0 Å². The average molecular weight is 215 g/mol. The summed E-state index contributed by atoms with van der Waals surface area (Å²) in [6.45, 7) is 6.88. The molecule has 1 aromatic carbocycles. The van der Waals surface area contributed by atoms with E-state index in [1.54, 1.807) is 0 Å². The molecule has 0 saturated heterocycles. The lowest BCUT2D eigenvalue weighted by Gasteiger charge is -2.13. The van der Waals surface area contributed by atoms with Gasteiger partial charge in [-0.05, 0) is 38.5 Å². The molecule has 0 saturated carbocycles. The standard InChI is InChI=1S/C14H17NO/c1-4-16-11(3)14-9-10(2)12-7-5-6-8-13(12)15-14/h5-9,11H,4H2,1-3H3/t11-/m0/s1. The van der Waals surface area contributed by atoms with Crippen molar-refractivity contribution in [3.63, 3.8) is 0 Å². The molecule has 2 nitrogen and oxygen atoms in total. The largest absolute Gasteiger partial charge is 0.372 e. The molecule has 84 valence electrons. The number of pyridine rings is 1. The van der Waals surface area contributed by atoms with Crippen molar-refractivity contribution in [1.29, 1.82) is 0 Å². The summed E-state index contributed by atoms with van der Waals surface area (Å²) < 4.78 is 5.57. The highest BCUT2D eigenvalue weighted by molar-refractivity contribution is 5.82. The zero-order valence-electron chi connectivity index (χ0n) is 10.0. The number of hydrogen-bond acceptors (Lipinski definition) is 2. The van der Waals surface area contributed by atoms with Crippen molar-refractivity contribution >= 4 is 10.9 Å². The molecular weight excluding hydrogens is 198 g/mol. The Morgan fingerprint density at radius 1 is 1.31 bits per heavy atom. The lowest BCUT2D eigenvalue weighted by molar-refractivity contribution is 0.0735. The number of nitrogens with zero attached hydrogens (tertiary/aromatic N) is 1. The van der Waals surface area contributed by atoms with E-state index in [0.29, 0.717) is 6.61 Å². The first-order chi connectivity index (χ1) is 7.72. The maximum Gasteiger partial charge on any atom is 0.0966 e. The van der Waals surface area contributed by atoms with Gasteiger partial charge in [-0.1, -0.05) is 18.2 Å². The Balaban J connectivity index is 2.49. The van der Waals surface area contributed by atoms with Crippen LogP contribution in [0.25, 0.3) is 10.9 Å². The molecule has 0 spiro atoms. The quantitative estimate of drug-likeness (QED) is 0.779. The Morgan fingerprint density at radius 3 is 2.81 bits per heavy atom. The molecule has 0 N–H and O–H groups in total. The van der Waals surface area contributed by atoms with E-state index < -0.39 is 0 Å². The summed E-state index contributed by atoms with van der Waals surface area (Å²) in [6, 6.07) is 10.3. The second-order valence-electron chi connectivity index (χ2n) is 3.98. The molecule has 1 atom stereocenters. The van der Waals surface area contributed by atoms with Crippen molar-refractivity contribution in [2.24, 2.45) is 0 Å². The van der Waals surface area contributed by atoms with Crippen LogP contribution in [0.3, 0.4) is 0 Å². The minimum Gasteiger partial charge on any atom is -0.372 e. The summed E-state index contributed by atoms with van der Waals surface area (Å²) in [6.07, 6.45) is 0.0632. The Bertz CT molecular complexity index is 493. The smallest absolute Gasteiger partial charge is 0.0966 e. The molecule has 1 heterocycles. The first kappa shape index (κ1) is 11.1. The van der Waals surface area contributed by atoms with Gasteiger partial charge in [-0.25, -0.2) is 0 Å². The Hall–Kier alpha value is -1.41. The predicted octanol–water partition coefficient (Wildman–Crippen LogP) is 3.64. The number of fused-ring (bicyclic) bond motifs is 1. The highest BCUT2D eigenvalue weighted by Crippen LogP contribution is 2.22. The molecule has 0 aliphatic carbocycles. The van der Waals surface area contributed by atoms with Crippen molar-refractivity contribution in [2.75, 3.05) is 6.61 Å². The second kappa shape index (κ2) is 4.62. The lowest BCUT2D eigenvalue weighted by Crippen LogP contribution is -2.03. The maximum atomic E-state index is 5.57. The van der Waals surface area contributed by atoms with Crippen molar-refractivity contribution < 1.29 is 4.74 Å². The Morgan fingerprint density at radius 2 is 2.06 bits per heavy atom. The van der Waals surface area contributed by atoms with Crippen molar-refractivity contribution in [2.45, 2.75) is 26.9 Å². The van der Waals surface area contributed by atoms with E-state index in [-0.39, 0.29) is 6.10 Å². The van der Waals surface area contributed by atoms with Gasteiger partial charge in [-0.15, -0.1) is 0 Å². The molecule has 2 aromatic rings. The van der Waals surface area contributed by atoms with Crippen LogP contribution in [0.2, 0.25) is 0 Å². The number of aryl methyl sites for hydroxylation is 1. The van der Waals surface area contributed by atoms with Gasteiger partial charge < -0.3 is 4.74 Å². The summed E-state index contributed by atoms with van der Waals surface area (Å²) in [5, 5.41) is 1.22. The van der Waals surface area contributed by atoms with Crippen LogP contribution in [0.1, 0.15) is 31.2 Å². The lowest BCUT2D eigenvalue weighted by atomic mass is 10.1. The van der Waals surface area contributed by atoms with Crippen LogP contribution in [-0.4, -0.2) is 11.6 Å². The van der Waals surface area contributed by atoms with Crippen molar-refractivity contribution in [3.8, 4) is 0 Å². The van der Waals surface area contributed by atoms with Gasteiger partial charge in [0, 0.05) is 12.0 Å². The predicted molar refractivity (Wildman–Crippen MR) is 66.5 cm³/mol. The minimum absolute atomic E-state index is 0.0632. The zero-order chi connectivity index (χ0) is 11.5. The van der Waals surface area contributed by atoms with Gasteiger partial charge in [0.15, 0.2) is 0 Å². The molecule has 2 heteroatoms. The second-order valence-corrected chi connectivity index (χ2v) is 3.98. The van der Waals surface area contributed by atoms with Gasteiger partial charge in [0.05, 0.1) is 17.3 Å². The van der Waals surface area contributed by atoms with Crippen LogP contribution in [0, 0.1) is 6.92 Å². The number of rotatable bonds is 3. The van der Waals surface area contributed by atoms with Gasteiger partial charge >= 0.3 is 0 Å². The third kappa shape index (κ3) is 2.07. The molecule has 0 bridgehead atoms. The Labute approximate surface area is 96.3 Å². The van der Waals surface area contributed by atoms with E-state index in [4.69, 9.17) is 4.74 Å². The summed E-state index contributed by atoms with van der Waals surface area (Å²) in [7, 11) is 0. The fourth-order valence-electron chi connectivity index (χ4n) is 1.92. The van der Waals surface area contributed by atoms with Gasteiger partial charge in [-0.2, -0.15) is 0 Å². The molecule has 0 unspecified atom stereocenters. The zero-order valence-corrected chi connectivity index (χ0v) is 10.0. The topological polar surface area (TPSA) is 22.1 Å². The van der Waals surface area contributed by atoms with E-state index in [2.05, 4.69) is 24.0 Å². The number of aromatic nitrogens is 1. The summed E-state index contributed by atoms with van der Waals surface area (Å²) in [4.78, 5) is 4.63. The van der Waals surface area contributed by atoms with Crippen LogP contribution in [-0.2, 0) is 4.74 Å². The monoisotopic (exact) mass is 215 g/mol. The highest BCUT2D eigenvalue weighted by atomic mass is 16.5. The van der Waals surface area contributed by atoms with E-state index in [9.17, 15) is 0 Å². The fourth-order valence-corrected chi connectivity index (χ4v) is 1.92. The summed E-state index contributed by atoms with van der Waals surface area (Å²) in [5.74, 6) is 0. The third-order valence-electron chi connectivity index (χ3n) is 2.78. The average Bonchev–Trinajstić information content (AvgIpc) is 2.29. The molecule has 1 aromatic heterocycles. The van der Waals surface area contributed by atoms with Crippen LogP contribution in [0.4, 0.5) is 0 Å². The van der Waals surface area contributed by atoms with Crippen LogP contribution >= 0.6 is 0 Å². The molecule has 0 radical (unpaired) electrons. The number of ether oxygens (including phenoxy) is 1. The first-order valence-corrected chi connectivity index (χ1v) is 5.70. The molecule has 16 heavy (non-hydrogen) atoms. The minimum atomic E-state index is 0.0632. The van der Waals surface area contributed by atoms with E-state index in [1.807, 2.05) is 32.0 Å². The first-order valence-electron chi connectivity index (χ1n) is 5.70. The number of benzene rings is 1.